The predicted molar refractivity (Wildman–Crippen MR) is 69.8 cm³/mol. The second-order valence-corrected chi connectivity index (χ2v) is 4.24. The highest BCUT2D eigenvalue weighted by Crippen LogP contribution is 2.17. The van der Waals surface area contributed by atoms with E-state index in [2.05, 4.69) is 20.5 Å². The summed E-state index contributed by atoms with van der Waals surface area (Å²) >= 11 is 0. The standard InChI is InChI=1S/C13H16N4O2/c1-3-11-15-12(17-16-11)7-14-13(19)9-5-4-8(2)10(18)6-9/h4-6,18H,3,7H2,1-2H3,(H,14,19)(H,15,16,17). The third-order valence-corrected chi connectivity index (χ3v) is 2.78. The molecule has 0 aliphatic rings. The summed E-state index contributed by atoms with van der Waals surface area (Å²) in [5, 5.41) is 19.0. The molecule has 0 atom stereocenters. The quantitative estimate of drug-likeness (QED) is 0.773. The normalized spacial score (nSPS) is 10.4. The molecule has 100 valence electrons. The molecule has 0 fully saturated rings. The van der Waals surface area contributed by atoms with Gasteiger partial charge in [-0.3, -0.25) is 9.89 Å². The summed E-state index contributed by atoms with van der Waals surface area (Å²) in [4.78, 5) is 16.1. The number of aromatic amines is 1. The molecule has 19 heavy (non-hydrogen) atoms. The number of hydrogen-bond donors (Lipinski definition) is 3. The molecule has 1 amide bonds. The molecule has 6 heteroatoms. The van der Waals surface area contributed by atoms with Crippen LogP contribution in [0.2, 0.25) is 0 Å². The van der Waals surface area contributed by atoms with Gasteiger partial charge in [-0.15, -0.1) is 0 Å². The van der Waals surface area contributed by atoms with Crippen molar-refractivity contribution >= 4 is 5.91 Å². The smallest absolute Gasteiger partial charge is 0.251 e. The predicted octanol–water partition coefficient (Wildman–Crippen LogP) is 1.31. The number of aromatic nitrogens is 3. The van der Waals surface area contributed by atoms with Crippen LogP contribution in [0.25, 0.3) is 0 Å². The zero-order valence-corrected chi connectivity index (χ0v) is 10.9. The largest absolute Gasteiger partial charge is 0.508 e. The minimum absolute atomic E-state index is 0.112. The number of amides is 1. The van der Waals surface area contributed by atoms with Gasteiger partial charge in [0.2, 0.25) is 0 Å². The fraction of sp³-hybridized carbons (Fsp3) is 0.308. The summed E-state index contributed by atoms with van der Waals surface area (Å²) in [7, 11) is 0. The molecule has 2 aromatic rings. The van der Waals surface area contributed by atoms with Crippen molar-refractivity contribution in [3.63, 3.8) is 0 Å². The van der Waals surface area contributed by atoms with Gasteiger partial charge in [0.05, 0.1) is 6.54 Å². The lowest BCUT2D eigenvalue weighted by atomic mass is 10.1. The molecule has 2 rings (SSSR count). The Morgan fingerprint density at radius 2 is 2.26 bits per heavy atom. The van der Waals surface area contributed by atoms with Gasteiger partial charge in [-0.2, -0.15) is 5.10 Å². The molecule has 0 spiro atoms. The zero-order valence-electron chi connectivity index (χ0n) is 10.9. The maximum absolute atomic E-state index is 11.9. The Hall–Kier alpha value is -2.37. The maximum atomic E-state index is 11.9. The first kappa shape index (κ1) is 13.1. The first-order chi connectivity index (χ1) is 9.10. The van der Waals surface area contributed by atoms with Gasteiger partial charge in [0.1, 0.15) is 11.6 Å². The Balaban J connectivity index is 1.99. The topological polar surface area (TPSA) is 90.9 Å². The van der Waals surface area contributed by atoms with Crippen molar-refractivity contribution in [3.05, 3.63) is 41.0 Å². The van der Waals surface area contributed by atoms with Crippen LogP contribution < -0.4 is 5.32 Å². The molecule has 0 unspecified atom stereocenters. The van der Waals surface area contributed by atoms with Crippen molar-refractivity contribution in [1.29, 1.82) is 0 Å². The fourth-order valence-electron chi connectivity index (χ4n) is 1.59. The summed E-state index contributed by atoms with van der Waals surface area (Å²) in [6, 6.07) is 4.82. The summed E-state index contributed by atoms with van der Waals surface area (Å²) < 4.78 is 0. The molecule has 3 N–H and O–H groups in total. The Labute approximate surface area is 110 Å². The Morgan fingerprint density at radius 1 is 1.47 bits per heavy atom. The summed E-state index contributed by atoms with van der Waals surface area (Å²) in [5.41, 5.74) is 1.15. The number of H-pyrrole nitrogens is 1. The van der Waals surface area contributed by atoms with Gasteiger partial charge in [-0.25, -0.2) is 4.98 Å². The van der Waals surface area contributed by atoms with Crippen LogP contribution in [0.5, 0.6) is 5.75 Å². The van der Waals surface area contributed by atoms with E-state index in [1.165, 1.54) is 6.07 Å². The van der Waals surface area contributed by atoms with E-state index >= 15 is 0 Å². The van der Waals surface area contributed by atoms with Crippen LogP contribution in [-0.4, -0.2) is 26.2 Å². The molecule has 0 bridgehead atoms. The second-order valence-electron chi connectivity index (χ2n) is 4.24. The summed E-state index contributed by atoms with van der Waals surface area (Å²) in [6.07, 6.45) is 0.746. The lowest BCUT2D eigenvalue weighted by Crippen LogP contribution is -2.23. The number of aromatic hydroxyl groups is 1. The average molecular weight is 260 g/mol. The second kappa shape index (κ2) is 5.51. The third kappa shape index (κ3) is 3.09. The van der Waals surface area contributed by atoms with Crippen molar-refractivity contribution < 1.29 is 9.90 Å². The lowest BCUT2D eigenvalue weighted by molar-refractivity contribution is 0.0949. The lowest BCUT2D eigenvalue weighted by Gasteiger charge is -2.05. The SMILES string of the molecule is CCc1n[nH]c(CNC(=O)c2ccc(C)c(O)c2)n1. The van der Waals surface area contributed by atoms with E-state index in [0.29, 0.717) is 11.4 Å². The fourth-order valence-corrected chi connectivity index (χ4v) is 1.59. The average Bonchev–Trinajstić information content (AvgIpc) is 2.87. The third-order valence-electron chi connectivity index (χ3n) is 2.78. The van der Waals surface area contributed by atoms with Crippen molar-refractivity contribution in [2.24, 2.45) is 0 Å². The minimum Gasteiger partial charge on any atom is -0.508 e. The zero-order chi connectivity index (χ0) is 13.8. The monoisotopic (exact) mass is 260 g/mol. The van der Waals surface area contributed by atoms with E-state index in [9.17, 15) is 9.90 Å². The van der Waals surface area contributed by atoms with Crippen LogP contribution in [0.4, 0.5) is 0 Å². The highest BCUT2D eigenvalue weighted by Gasteiger charge is 2.08. The van der Waals surface area contributed by atoms with E-state index in [1.54, 1.807) is 19.1 Å². The molecular formula is C13H16N4O2. The molecule has 0 aliphatic heterocycles. The Kier molecular flexibility index (Phi) is 3.79. The van der Waals surface area contributed by atoms with Gasteiger partial charge < -0.3 is 10.4 Å². The number of carbonyl (C=O) groups is 1. The molecule has 0 saturated heterocycles. The molecule has 1 aromatic heterocycles. The van der Waals surface area contributed by atoms with Crippen LogP contribution in [0.3, 0.4) is 0 Å². The minimum atomic E-state index is -0.259. The number of hydrogen-bond acceptors (Lipinski definition) is 4. The number of nitrogens with one attached hydrogen (secondary N) is 2. The van der Waals surface area contributed by atoms with E-state index in [-0.39, 0.29) is 18.2 Å². The van der Waals surface area contributed by atoms with Crippen LogP contribution in [0, 0.1) is 6.92 Å². The van der Waals surface area contributed by atoms with Crippen molar-refractivity contribution in [2.45, 2.75) is 26.8 Å². The number of aryl methyl sites for hydroxylation is 2. The highest BCUT2D eigenvalue weighted by molar-refractivity contribution is 5.94. The molecule has 0 radical (unpaired) electrons. The molecule has 6 nitrogen and oxygen atoms in total. The molecular weight excluding hydrogens is 244 g/mol. The first-order valence-corrected chi connectivity index (χ1v) is 6.08. The number of phenolic OH excluding ortho intramolecular Hbond substituents is 1. The van der Waals surface area contributed by atoms with Gasteiger partial charge in [0.25, 0.3) is 5.91 Å². The van der Waals surface area contributed by atoms with Gasteiger partial charge in [-0.1, -0.05) is 13.0 Å². The van der Waals surface area contributed by atoms with E-state index in [1.807, 2.05) is 6.92 Å². The maximum Gasteiger partial charge on any atom is 0.251 e. The van der Waals surface area contributed by atoms with Gasteiger partial charge in [-0.05, 0) is 24.6 Å². The number of phenols is 1. The molecule has 1 aromatic carbocycles. The van der Waals surface area contributed by atoms with E-state index in [0.717, 1.165) is 17.8 Å². The van der Waals surface area contributed by atoms with Crippen molar-refractivity contribution in [2.75, 3.05) is 0 Å². The van der Waals surface area contributed by atoms with Crippen LogP contribution in [-0.2, 0) is 13.0 Å². The Bertz CT molecular complexity index is 592. The van der Waals surface area contributed by atoms with Crippen molar-refractivity contribution in [3.8, 4) is 5.75 Å². The van der Waals surface area contributed by atoms with Gasteiger partial charge >= 0.3 is 0 Å². The number of rotatable bonds is 4. The van der Waals surface area contributed by atoms with Crippen LogP contribution in [0.1, 0.15) is 34.5 Å². The van der Waals surface area contributed by atoms with Crippen LogP contribution >= 0.6 is 0 Å². The van der Waals surface area contributed by atoms with E-state index < -0.39 is 0 Å². The van der Waals surface area contributed by atoms with E-state index in [4.69, 9.17) is 0 Å². The van der Waals surface area contributed by atoms with Crippen LogP contribution in [0.15, 0.2) is 18.2 Å². The summed E-state index contributed by atoms with van der Waals surface area (Å²) in [6.45, 7) is 4.01. The molecule has 1 heterocycles. The van der Waals surface area contributed by atoms with Gasteiger partial charge in [0.15, 0.2) is 5.82 Å². The number of benzene rings is 1. The highest BCUT2D eigenvalue weighted by atomic mass is 16.3. The number of nitrogens with zero attached hydrogens (tertiary/aromatic N) is 2. The van der Waals surface area contributed by atoms with Gasteiger partial charge in [0, 0.05) is 12.0 Å². The molecule has 0 saturated carbocycles. The first-order valence-electron chi connectivity index (χ1n) is 6.08. The van der Waals surface area contributed by atoms with Crippen molar-refractivity contribution in [1.82, 2.24) is 20.5 Å². The molecule has 0 aliphatic carbocycles. The number of carbonyl (C=O) groups excluding carboxylic acids is 1. The summed E-state index contributed by atoms with van der Waals surface area (Å²) in [5.74, 6) is 1.18. The Morgan fingerprint density at radius 3 is 2.89 bits per heavy atom.